The quantitative estimate of drug-likeness (QED) is 0.0974. The van der Waals surface area contributed by atoms with Gasteiger partial charge in [-0.15, -0.1) is 0 Å². The van der Waals surface area contributed by atoms with Gasteiger partial charge in [0.15, 0.2) is 27.8 Å². The van der Waals surface area contributed by atoms with Crippen molar-refractivity contribution >= 4 is 62.0 Å². The fraction of sp³-hybridized carbons (Fsp3) is 0.621. The van der Waals surface area contributed by atoms with E-state index >= 15 is 0 Å². The Morgan fingerprint density at radius 2 is 1.77 bits per heavy atom. The lowest BCUT2D eigenvalue weighted by Crippen LogP contribution is -2.48. The molecule has 15 heteroatoms. The number of benzene rings is 1. The number of nitrogens with two attached hydrogens (primary N) is 1. The van der Waals surface area contributed by atoms with Crippen molar-refractivity contribution in [2.75, 3.05) is 12.3 Å². The molecule has 1 fully saturated rings. The molecule has 1 aliphatic heterocycles. The number of hydrogen-bond donors (Lipinski definition) is 1. The molecule has 1 aromatic carbocycles. The summed E-state index contributed by atoms with van der Waals surface area (Å²) in [4.78, 5) is 24.5. The van der Waals surface area contributed by atoms with Gasteiger partial charge >= 0.3 is 0 Å². The minimum Gasteiger partial charge on any atom is -0.471 e. The Balaban J connectivity index is 1.63. The van der Waals surface area contributed by atoms with E-state index in [4.69, 9.17) is 24.1 Å². The third kappa shape index (κ3) is 7.44. The summed E-state index contributed by atoms with van der Waals surface area (Å²) in [6.45, 7) is 22.6. The van der Waals surface area contributed by atoms with Crippen LogP contribution in [0.3, 0.4) is 0 Å². The number of aromatic nitrogens is 4. The standard InChI is InChI=1S/C29H45IN6O6Si2/c1-28(2,3)43(7,8)40-16-22-21(42-44(9,10)29(4,5)6)14-23(41-22)35-17-32-24-25(35)33-27(31)34-26(24)39-15-18-11-12-19(30)13-20(18)36(37)38/h11-13,17,21-23H,14-16H2,1-10H3,(H2,31,33,34)/t21-,22-,23-/m1/s1. The summed E-state index contributed by atoms with van der Waals surface area (Å²) in [7, 11) is -4.17. The lowest BCUT2D eigenvalue weighted by molar-refractivity contribution is -0.385. The lowest BCUT2D eigenvalue weighted by atomic mass is 10.2. The van der Waals surface area contributed by atoms with Crippen LogP contribution in [0.2, 0.25) is 36.3 Å². The Bertz CT molecular complexity index is 1520. The molecule has 1 saturated heterocycles. The molecule has 3 heterocycles. The molecule has 3 atom stereocenters. The molecule has 0 unspecified atom stereocenters. The zero-order valence-corrected chi connectivity index (χ0v) is 31.5. The van der Waals surface area contributed by atoms with E-state index in [-0.39, 0.29) is 46.4 Å². The van der Waals surface area contributed by atoms with E-state index < -0.39 is 27.8 Å². The van der Waals surface area contributed by atoms with Crippen LogP contribution in [0.25, 0.3) is 11.2 Å². The number of rotatable bonds is 10. The van der Waals surface area contributed by atoms with E-state index in [1.165, 1.54) is 6.07 Å². The number of hydrogen-bond acceptors (Lipinski definition) is 10. The van der Waals surface area contributed by atoms with Gasteiger partial charge < -0.3 is 24.1 Å². The van der Waals surface area contributed by atoms with Crippen molar-refractivity contribution in [3.63, 3.8) is 0 Å². The summed E-state index contributed by atoms with van der Waals surface area (Å²) in [5, 5.41) is 11.7. The molecule has 0 saturated carbocycles. The van der Waals surface area contributed by atoms with Gasteiger partial charge in [-0.25, -0.2) is 4.98 Å². The summed E-state index contributed by atoms with van der Waals surface area (Å²) < 4.78 is 28.7. The van der Waals surface area contributed by atoms with Crippen LogP contribution in [-0.2, 0) is 20.2 Å². The monoisotopic (exact) mass is 756 g/mol. The first kappa shape index (κ1) is 34.7. The summed E-state index contributed by atoms with van der Waals surface area (Å²) >= 11 is 2.04. The minimum absolute atomic E-state index is 0.00348. The number of imidazole rings is 1. The van der Waals surface area contributed by atoms with Crippen molar-refractivity contribution in [1.82, 2.24) is 19.5 Å². The van der Waals surface area contributed by atoms with Gasteiger partial charge in [0.25, 0.3) is 5.69 Å². The maximum absolute atomic E-state index is 11.6. The van der Waals surface area contributed by atoms with Gasteiger partial charge in [-0.2, -0.15) is 9.97 Å². The van der Waals surface area contributed by atoms with Crippen LogP contribution < -0.4 is 10.5 Å². The first-order valence-corrected chi connectivity index (χ1v) is 21.6. The predicted octanol–water partition coefficient (Wildman–Crippen LogP) is 7.20. The fourth-order valence-corrected chi connectivity index (χ4v) is 7.25. The first-order chi connectivity index (χ1) is 20.2. The summed E-state index contributed by atoms with van der Waals surface area (Å²) in [5.41, 5.74) is 7.33. The van der Waals surface area contributed by atoms with E-state index in [1.807, 2.05) is 27.2 Å². The lowest BCUT2D eigenvalue weighted by Gasteiger charge is -2.40. The smallest absolute Gasteiger partial charge is 0.277 e. The van der Waals surface area contributed by atoms with Gasteiger partial charge in [0.1, 0.15) is 18.9 Å². The molecule has 1 aliphatic rings. The molecule has 0 amide bonds. The molecule has 0 bridgehead atoms. The molecular weight excluding hydrogens is 711 g/mol. The molecule has 3 aromatic rings. The Kier molecular flexibility index (Phi) is 9.89. The number of ether oxygens (including phenoxy) is 2. The van der Waals surface area contributed by atoms with Crippen LogP contribution in [0.4, 0.5) is 11.6 Å². The zero-order valence-electron chi connectivity index (χ0n) is 27.3. The highest BCUT2D eigenvalue weighted by Crippen LogP contribution is 2.43. The third-order valence-electron chi connectivity index (χ3n) is 9.17. The van der Waals surface area contributed by atoms with E-state index in [9.17, 15) is 10.1 Å². The number of nitro groups is 1. The second-order valence-corrected chi connectivity index (χ2v) is 25.2. The summed E-state index contributed by atoms with van der Waals surface area (Å²) in [6.07, 6.45) is 1.33. The molecule has 0 spiro atoms. The van der Waals surface area contributed by atoms with Crippen LogP contribution in [0.15, 0.2) is 24.5 Å². The second kappa shape index (κ2) is 12.5. The maximum atomic E-state index is 11.6. The van der Waals surface area contributed by atoms with Crippen molar-refractivity contribution in [3.05, 3.63) is 43.8 Å². The number of halogens is 1. The largest absolute Gasteiger partial charge is 0.471 e. The van der Waals surface area contributed by atoms with Gasteiger partial charge in [-0.05, 0) is 71.0 Å². The first-order valence-electron chi connectivity index (χ1n) is 14.7. The SMILES string of the molecule is CC(C)(C)[Si](C)(C)OC[C@H]1O[C@@H](n2cnc3c(OCc4ccc(I)cc4[N+](=O)[O-])nc(N)nc32)C[C@H]1O[Si](C)(C)C(C)(C)C. The minimum atomic E-state index is -2.13. The second-order valence-electron chi connectivity index (χ2n) is 14.4. The topological polar surface area (TPSA) is 150 Å². The maximum Gasteiger partial charge on any atom is 0.277 e. The summed E-state index contributed by atoms with van der Waals surface area (Å²) in [6, 6.07) is 4.96. The van der Waals surface area contributed by atoms with Gasteiger partial charge in [0.05, 0.1) is 29.5 Å². The van der Waals surface area contributed by atoms with Gasteiger partial charge in [0.2, 0.25) is 11.8 Å². The average Bonchev–Trinajstić information content (AvgIpc) is 3.48. The fourth-order valence-electron chi connectivity index (χ4n) is 4.40. The van der Waals surface area contributed by atoms with Crippen LogP contribution >= 0.6 is 22.6 Å². The number of nitrogens with zero attached hydrogens (tertiary/aromatic N) is 5. The number of anilines is 1. The van der Waals surface area contributed by atoms with Crippen molar-refractivity contribution in [1.29, 1.82) is 0 Å². The Morgan fingerprint density at radius 1 is 1.11 bits per heavy atom. The molecular formula is C29H45IN6O6Si2. The number of nitrogen functional groups attached to an aromatic ring is 1. The molecule has 44 heavy (non-hydrogen) atoms. The van der Waals surface area contributed by atoms with Crippen LogP contribution in [-0.4, -0.2) is 59.9 Å². The van der Waals surface area contributed by atoms with Crippen molar-refractivity contribution in [2.24, 2.45) is 0 Å². The molecule has 4 rings (SSSR count). The van der Waals surface area contributed by atoms with E-state index in [1.54, 1.807) is 18.5 Å². The highest BCUT2D eigenvalue weighted by molar-refractivity contribution is 14.1. The van der Waals surface area contributed by atoms with Crippen LogP contribution in [0, 0.1) is 13.7 Å². The highest BCUT2D eigenvalue weighted by atomic mass is 127. The van der Waals surface area contributed by atoms with E-state index in [2.05, 4.69) is 82.7 Å². The Labute approximate surface area is 275 Å². The zero-order chi connectivity index (χ0) is 32.8. The molecule has 0 radical (unpaired) electrons. The average molecular weight is 757 g/mol. The van der Waals surface area contributed by atoms with E-state index in [0.29, 0.717) is 29.8 Å². The third-order valence-corrected chi connectivity index (χ3v) is 18.8. The van der Waals surface area contributed by atoms with Crippen LogP contribution in [0.1, 0.15) is 59.8 Å². The molecule has 2 aromatic heterocycles. The van der Waals surface area contributed by atoms with Crippen molar-refractivity contribution < 1.29 is 23.2 Å². The highest BCUT2D eigenvalue weighted by Gasteiger charge is 2.47. The number of fused-ring (bicyclic) bond motifs is 1. The normalized spacial score (nSPS) is 19.9. The predicted molar refractivity (Wildman–Crippen MR) is 184 cm³/mol. The van der Waals surface area contributed by atoms with Crippen LogP contribution in [0.5, 0.6) is 5.88 Å². The van der Waals surface area contributed by atoms with Gasteiger partial charge in [-0.1, -0.05) is 41.5 Å². The van der Waals surface area contributed by atoms with E-state index in [0.717, 1.165) is 3.57 Å². The molecule has 0 aliphatic carbocycles. The van der Waals surface area contributed by atoms with Gasteiger partial charge in [0, 0.05) is 16.1 Å². The van der Waals surface area contributed by atoms with Crippen molar-refractivity contribution in [2.45, 2.75) is 109 Å². The van der Waals surface area contributed by atoms with Gasteiger partial charge in [-0.3, -0.25) is 14.7 Å². The Morgan fingerprint density at radius 3 is 2.39 bits per heavy atom. The van der Waals surface area contributed by atoms with Crippen molar-refractivity contribution in [3.8, 4) is 5.88 Å². The Hall–Kier alpha value is -2.19. The molecule has 242 valence electrons. The summed E-state index contributed by atoms with van der Waals surface area (Å²) in [5.74, 6) is 0.139. The molecule has 12 nitrogen and oxygen atoms in total. The molecule has 2 N–H and O–H groups in total. The number of nitro benzene ring substituents is 1.